The fourth-order valence-corrected chi connectivity index (χ4v) is 3.37. The Kier molecular flexibility index (Phi) is 6.10. The smallest absolute Gasteiger partial charge is 0.370 e. The van der Waals surface area contributed by atoms with Crippen molar-refractivity contribution in [1.29, 1.82) is 0 Å². The van der Waals surface area contributed by atoms with Crippen LogP contribution in [-0.4, -0.2) is 11.5 Å². The first kappa shape index (κ1) is 20.4. The van der Waals surface area contributed by atoms with Gasteiger partial charge in [-0.15, -0.1) is 0 Å². The van der Waals surface area contributed by atoms with E-state index in [-0.39, 0.29) is 5.56 Å². The van der Waals surface area contributed by atoms with E-state index in [4.69, 9.17) is 23.2 Å². The number of benzene rings is 2. The minimum Gasteiger partial charge on any atom is -0.370 e. The molecule has 0 unspecified atom stereocenters. The predicted octanol–water partition coefficient (Wildman–Crippen LogP) is 6.87. The molecule has 0 fully saturated rings. The molecule has 3 rings (SSSR count). The fraction of sp³-hybridized carbons (Fsp3) is 0.150. The van der Waals surface area contributed by atoms with Crippen molar-refractivity contribution in [3.63, 3.8) is 0 Å². The Bertz CT molecular complexity index is 953. The molecule has 28 heavy (non-hydrogen) atoms. The fourth-order valence-electron chi connectivity index (χ4n) is 2.79. The summed E-state index contributed by atoms with van der Waals surface area (Å²) in [4.78, 5) is 4.08. The van der Waals surface area contributed by atoms with Crippen molar-refractivity contribution in [2.24, 2.45) is 0 Å². The summed E-state index contributed by atoms with van der Waals surface area (Å²) >= 11 is 12.2. The Morgan fingerprint density at radius 1 is 0.929 bits per heavy atom. The summed E-state index contributed by atoms with van der Waals surface area (Å²) < 4.78 is 53.6. The van der Waals surface area contributed by atoms with Crippen LogP contribution in [0.25, 0.3) is 11.1 Å². The highest BCUT2D eigenvalue weighted by atomic mass is 35.5. The third-order valence-corrected chi connectivity index (χ3v) is 4.82. The summed E-state index contributed by atoms with van der Waals surface area (Å²) in [5, 5.41) is 4.15. The van der Waals surface area contributed by atoms with Gasteiger partial charge in [-0.25, -0.2) is 9.37 Å². The molecule has 146 valence electrons. The third-order valence-electron chi connectivity index (χ3n) is 4.11. The van der Waals surface area contributed by atoms with E-state index in [0.29, 0.717) is 28.8 Å². The molecule has 1 N–H and O–H groups in total. The monoisotopic (exact) mass is 428 g/mol. The van der Waals surface area contributed by atoms with Gasteiger partial charge < -0.3 is 5.32 Å². The van der Waals surface area contributed by atoms with Gasteiger partial charge in [0, 0.05) is 33.9 Å². The standard InChI is InChI=1S/C20H14Cl2F4N2/c21-15-4-2-5-16(22)13(15)9-10-27-18-8-7-12(11-28-18)19-14(20(24,25)26)3-1-6-17(19)23/h1-8,11H,9-10H2,(H,27,28). The highest BCUT2D eigenvalue weighted by Gasteiger charge is 2.34. The third kappa shape index (κ3) is 4.56. The van der Waals surface area contributed by atoms with Crippen LogP contribution >= 0.6 is 23.2 Å². The Morgan fingerprint density at radius 2 is 1.61 bits per heavy atom. The van der Waals surface area contributed by atoms with Crippen LogP contribution < -0.4 is 5.32 Å². The van der Waals surface area contributed by atoms with Crippen LogP contribution in [0.15, 0.2) is 54.7 Å². The van der Waals surface area contributed by atoms with E-state index >= 15 is 0 Å². The second kappa shape index (κ2) is 8.37. The molecular weight excluding hydrogens is 415 g/mol. The molecule has 0 spiro atoms. The van der Waals surface area contributed by atoms with Gasteiger partial charge in [0.15, 0.2) is 0 Å². The van der Waals surface area contributed by atoms with Gasteiger partial charge in [0.1, 0.15) is 11.6 Å². The number of hydrogen-bond acceptors (Lipinski definition) is 2. The molecular formula is C20H14Cl2F4N2. The Morgan fingerprint density at radius 3 is 2.21 bits per heavy atom. The number of nitrogens with one attached hydrogen (secondary N) is 1. The van der Waals surface area contributed by atoms with Gasteiger partial charge in [0.25, 0.3) is 0 Å². The maximum atomic E-state index is 14.1. The van der Waals surface area contributed by atoms with Crippen molar-refractivity contribution in [3.05, 3.63) is 81.7 Å². The van der Waals surface area contributed by atoms with E-state index in [0.717, 1.165) is 23.8 Å². The number of alkyl halides is 3. The van der Waals surface area contributed by atoms with E-state index in [1.807, 2.05) is 0 Å². The number of hydrogen-bond donors (Lipinski definition) is 1. The Hall–Kier alpha value is -2.31. The van der Waals surface area contributed by atoms with E-state index in [1.165, 1.54) is 18.3 Å². The average Bonchev–Trinajstić information content (AvgIpc) is 2.64. The van der Waals surface area contributed by atoms with Gasteiger partial charge in [-0.3, -0.25) is 0 Å². The minimum atomic E-state index is -4.66. The first-order chi connectivity index (χ1) is 13.3. The zero-order chi connectivity index (χ0) is 20.3. The summed E-state index contributed by atoms with van der Waals surface area (Å²) in [5.41, 5.74) is -0.721. The number of halogens is 6. The van der Waals surface area contributed by atoms with Gasteiger partial charge in [-0.05, 0) is 48.4 Å². The molecule has 0 atom stereocenters. The van der Waals surface area contributed by atoms with Gasteiger partial charge in [0.05, 0.1) is 5.56 Å². The number of pyridine rings is 1. The molecule has 2 nitrogen and oxygen atoms in total. The largest absolute Gasteiger partial charge is 0.417 e. The second-order valence-corrected chi connectivity index (χ2v) is 6.78. The lowest BCUT2D eigenvalue weighted by molar-refractivity contribution is -0.137. The molecule has 3 aromatic rings. The Labute approximate surface area is 169 Å². The molecule has 1 aromatic heterocycles. The summed E-state index contributed by atoms with van der Waals surface area (Å²) in [7, 11) is 0. The normalized spacial score (nSPS) is 11.5. The molecule has 2 aromatic carbocycles. The molecule has 0 amide bonds. The van der Waals surface area contributed by atoms with Crippen molar-refractivity contribution >= 4 is 29.0 Å². The maximum Gasteiger partial charge on any atom is 0.417 e. The van der Waals surface area contributed by atoms with Crippen LogP contribution in [0, 0.1) is 5.82 Å². The van der Waals surface area contributed by atoms with Crippen LogP contribution in [0.2, 0.25) is 10.0 Å². The van der Waals surface area contributed by atoms with Crippen molar-refractivity contribution in [1.82, 2.24) is 4.98 Å². The van der Waals surface area contributed by atoms with Crippen molar-refractivity contribution in [2.75, 3.05) is 11.9 Å². The van der Waals surface area contributed by atoms with Gasteiger partial charge in [-0.1, -0.05) is 35.3 Å². The number of rotatable bonds is 5. The summed E-state index contributed by atoms with van der Waals surface area (Å²) in [6.45, 7) is 0.462. The van der Waals surface area contributed by atoms with Gasteiger partial charge in [0.2, 0.25) is 0 Å². The van der Waals surface area contributed by atoms with Crippen LogP contribution in [0.5, 0.6) is 0 Å². The highest BCUT2D eigenvalue weighted by molar-refractivity contribution is 6.36. The first-order valence-electron chi connectivity index (χ1n) is 8.26. The second-order valence-electron chi connectivity index (χ2n) is 5.97. The van der Waals surface area contributed by atoms with Crippen LogP contribution in [-0.2, 0) is 12.6 Å². The quantitative estimate of drug-likeness (QED) is 0.448. The van der Waals surface area contributed by atoms with Crippen LogP contribution in [0.3, 0.4) is 0 Å². The van der Waals surface area contributed by atoms with Crippen molar-refractivity contribution in [3.8, 4) is 11.1 Å². The Balaban J connectivity index is 1.75. The lowest BCUT2D eigenvalue weighted by Gasteiger charge is -2.14. The molecule has 0 aliphatic rings. The topological polar surface area (TPSA) is 24.9 Å². The maximum absolute atomic E-state index is 14.1. The van der Waals surface area contributed by atoms with Gasteiger partial charge in [-0.2, -0.15) is 13.2 Å². The zero-order valence-corrected chi connectivity index (χ0v) is 15.8. The minimum absolute atomic E-state index is 0.0464. The summed E-state index contributed by atoms with van der Waals surface area (Å²) in [5.74, 6) is -0.512. The van der Waals surface area contributed by atoms with E-state index in [2.05, 4.69) is 10.3 Å². The van der Waals surface area contributed by atoms with Crippen molar-refractivity contribution in [2.45, 2.75) is 12.6 Å². The van der Waals surface area contributed by atoms with E-state index in [1.54, 1.807) is 18.2 Å². The molecule has 0 aliphatic carbocycles. The molecule has 1 heterocycles. The molecule has 0 saturated carbocycles. The van der Waals surface area contributed by atoms with Crippen molar-refractivity contribution < 1.29 is 17.6 Å². The molecule has 0 saturated heterocycles. The molecule has 0 aliphatic heterocycles. The zero-order valence-electron chi connectivity index (χ0n) is 14.3. The molecule has 8 heteroatoms. The molecule has 0 radical (unpaired) electrons. The van der Waals surface area contributed by atoms with Gasteiger partial charge >= 0.3 is 6.18 Å². The average molecular weight is 429 g/mol. The lowest BCUT2D eigenvalue weighted by atomic mass is 10.00. The lowest BCUT2D eigenvalue weighted by Crippen LogP contribution is -2.09. The SMILES string of the molecule is Fc1cccc(C(F)(F)F)c1-c1ccc(NCCc2c(Cl)cccc2Cl)nc1. The predicted molar refractivity (Wildman–Crippen MR) is 103 cm³/mol. The van der Waals surface area contributed by atoms with E-state index < -0.39 is 23.1 Å². The molecule has 0 bridgehead atoms. The van der Waals surface area contributed by atoms with E-state index in [9.17, 15) is 17.6 Å². The summed E-state index contributed by atoms with van der Waals surface area (Å²) in [6.07, 6.45) is -2.92. The first-order valence-corrected chi connectivity index (χ1v) is 9.02. The summed E-state index contributed by atoms with van der Waals surface area (Å²) in [6, 6.07) is 11.0. The van der Waals surface area contributed by atoms with Crippen LogP contribution in [0.1, 0.15) is 11.1 Å². The number of anilines is 1. The number of nitrogens with zero attached hydrogens (tertiary/aromatic N) is 1. The van der Waals surface area contributed by atoms with Crippen LogP contribution in [0.4, 0.5) is 23.4 Å². The number of aromatic nitrogens is 1. The highest BCUT2D eigenvalue weighted by Crippen LogP contribution is 2.38.